The number of para-hydroxylation sites is 1. The van der Waals surface area contributed by atoms with Crippen LogP contribution in [0.3, 0.4) is 0 Å². The molecule has 2 rings (SSSR count). The lowest BCUT2D eigenvalue weighted by molar-refractivity contribution is -0.137. The summed E-state index contributed by atoms with van der Waals surface area (Å²) in [6.07, 6.45) is -4.55. The number of nitrogens with two attached hydrogens (primary N) is 1. The molecule has 0 saturated heterocycles. The maximum Gasteiger partial charge on any atom is 0.418 e. The fraction of sp³-hybridized carbons (Fsp3) is 0.278. The Hall–Kier alpha value is -2.59. The SMILES string of the molecule is CCN(CC)S(=O)(=O)c1ccc(NC(N)=Nc2ccccc2C(F)(F)F)cc1. The smallest absolute Gasteiger partial charge is 0.369 e. The van der Waals surface area contributed by atoms with Gasteiger partial charge in [0.15, 0.2) is 5.96 Å². The van der Waals surface area contributed by atoms with Crippen LogP contribution < -0.4 is 11.1 Å². The van der Waals surface area contributed by atoms with E-state index in [-0.39, 0.29) is 16.5 Å². The first-order chi connectivity index (χ1) is 13.1. The minimum absolute atomic E-state index is 0.111. The van der Waals surface area contributed by atoms with Crippen LogP contribution in [0.4, 0.5) is 24.5 Å². The highest BCUT2D eigenvalue weighted by atomic mass is 32.2. The summed E-state index contributed by atoms with van der Waals surface area (Å²) in [4.78, 5) is 3.89. The summed E-state index contributed by atoms with van der Waals surface area (Å²) >= 11 is 0. The summed E-state index contributed by atoms with van der Waals surface area (Å²) in [5.41, 5.74) is 4.88. The first-order valence-corrected chi connectivity index (χ1v) is 9.91. The molecule has 2 aromatic carbocycles. The van der Waals surface area contributed by atoms with Gasteiger partial charge in [0.05, 0.1) is 16.1 Å². The van der Waals surface area contributed by atoms with Crippen molar-refractivity contribution < 1.29 is 21.6 Å². The van der Waals surface area contributed by atoms with Crippen molar-refractivity contribution >= 4 is 27.4 Å². The van der Waals surface area contributed by atoms with Gasteiger partial charge < -0.3 is 11.1 Å². The first-order valence-electron chi connectivity index (χ1n) is 8.47. The second-order valence-electron chi connectivity index (χ2n) is 5.75. The van der Waals surface area contributed by atoms with Gasteiger partial charge in [-0.05, 0) is 36.4 Å². The maximum atomic E-state index is 13.0. The molecule has 152 valence electrons. The number of hydrogen-bond donors (Lipinski definition) is 2. The third kappa shape index (κ3) is 5.02. The first kappa shape index (κ1) is 21.7. The van der Waals surface area contributed by atoms with E-state index in [4.69, 9.17) is 5.73 Å². The lowest BCUT2D eigenvalue weighted by atomic mass is 10.2. The Kier molecular flexibility index (Phi) is 6.68. The van der Waals surface area contributed by atoms with E-state index in [1.54, 1.807) is 13.8 Å². The molecule has 0 saturated carbocycles. The lowest BCUT2D eigenvalue weighted by Gasteiger charge is -2.18. The van der Waals surface area contributed by atoms with Gasteiger partial charge >= 0.3 is 6.18 Å². The quantitative estimate of drug-likeness (QED) is 0.556. The van der Waals surface area contributed by atoms with Crippen molar-refractivity contribution in [1.29, 1.82) is 0 Å². The standard InChI is InChI=1S/C18H21F3N4O2S/c1-3-25(4-2)28(26,27)14-11-9-13(10-12-14)23-17(22)24-16-8-6-5-7-15(16)18(19,20)21/h5-12H,3-4H2,1-2H3,(H3,22,23,24). The molecule has 0 aromatic heterocycles. The Morgan fingerprint density at radius 1 is 1.07 bits per heavy atom. The molecule has 3 N–H and O–H groups in total. The topological polar surface area (TPSA) is 87.8 Å². The van der Waals surface area contributed by atoms with Crippen LogP contribution in [0.25, 0.3) is 0 Å². The monoisotopic (exact) mass is 414 g/mol. The van der Waals surface area contributed by atoms with E-state index < -0.39 is 21.8 Å². The fourth-order valence-electron chi connectivity index (χ4n) is 2.54. The van der Waals surface area contributed by atoms with E-state index in [0.717, 1.165) is 6.07 Å². The van der Waals surface area contributed by atoms with Crippen molar-refractivity contribution in [2.75, 3.05) is 18.4 Å². The number of hydrogen-bond acceptors (Lipinski definition) is 3. The van der Waals surface area contributed by atoms with Crippen LogP contribution in [-0.2, 0) is 16.2 Å². The second-order valence-corrected chi connectivity index (χ2v) is 7.69. The van der Waals surface area contributed by atoms with Crippen LogP contribution in [0.2, 0.25) is 0 Å². The van der Waals surface area contributed by atoms with Crippen molar-refractivity contribution in [3.05, 3.63) is 54.1 Å². The Balaban J connectivity index is 2.23. The zero-order valence-electron chi connectivity index (χ0n) is 15.4. The Morgan fingerprint density at radius 2 is 1.64 bits per heavy atom. The van der Waals surface area contributed by atoms with Crippen molar-refractivity contribution in [3.63, 3.8) is 0 Å². The third-order valence-corrected chi connectivity index (χ3v) is 5.98. The molecular weight excluding hydrogens is 393 g/mol. The summed E-state index contributed by atoms with van der Waals surface area (Å²) in [6.45, 7) is 4.17. The van der Waals surface area contributed by atoms with Crippen LogP contribution in [-0.4, -0.2) is 31.8 Å². The lowest BCUT2D eigenvalue weighted by Crippen LogP contribution is -2.30. The highest BCUT2D eigenvalue weighted by Crippen LogP contribution is 2.36. The number of guanidine groups is 1. The average Bonchev–Trinajstić information content (AvgIpc) is 2.62. The Bertz CT molecular complexity index is 938. The number of anilines is 1. The number of aliphatic imine (C=N–C) groups is 1. The number of halogens is 3. The van der Waals surface area contributed by atoms with Gasteiger partial charge in [-0.15, -0.1) is 0 Å². The number of nitrogens with zero attached hydrogens (tertiary/aromatic N) is 2. The van der Waals surface area contributed by atoms with Crippen molar-refractivity contribution in [3.8, 4) is 0 Å². The molecule has 0 fully saturated rings. The number of rotatable bonds is 6. The number of alkyl halides is 3. The zero-order chi connectivity index (χ0) is 20.9. The third-order valence-electron chi connectivity index (χ3n) is 3.92. The second kappa shape index (κ2) is 8.61. The van der Waals surface area contributed by atoms with E-state index in [0.29, 0.717) is 18.8 Å². The van der Waals surface area contributed by atoms with Crippen LogP contribution in [0.15, 0.2) is 58.4 Å². The van der Waals surface area contributed by atoms with E-state index in [9.17, 15) is 21.6 Å². The molecule has 28 heavy (non-hydrogen) atoms. The van der Waals surface area contributed by atoms with E-state index in [1.165, 1.54) is 46.8 Å². The van der Waals surface area contributed by atoms with Gasteiger partial charge in [0, 0.05) is 18.8 Å². The number of sulfonamides is 1. The van der Waals surface area contributed by atoms with E-state index in [1.807, 2.05) is 0 Å². The Labute approximate surface area is 161 Å². The van der Waals surface area contributed by atoms with Gasteiger partial charge in [-0.1, -0.05) is 26.0 Å². The fourth-order valence-corrected chi connectivity index (χ4v) is 4.00. The molecule has 0 spiro atoms. The van der Waals surface area contributed by atoms with Gasteiger partial charge in [-0.3, -0.25) is 0 Å². The van der Waals surface area contributed by atoms with Gasteiger partial charge in [-0.2, -0.15) is 17.5 Å². The summed E-state index contributed by atoms with van der Waals surface area (Å²) in [5, 5.41) is 2.66. The van der Waals surface area contributed by atoms with Crippen LogP contribution in [0.5, 0.6) is 0 Å². The summed E-state index contributed by atoms with van der Waals surface area (Å²) in [7, 11) is -3.60. The van der Waals surface area contributed by atoms with Gasteiger partial charge in [0.2, 0.25) is 10.0 Å². The maximum absolute atomic E-state index is 13.0. The molecule has 6 nitrogen and oxygen atoms in total. The summed E-state index contributed by atoms with van der Waals surface area (Å²) in [6, 6.07) is 10.5. The molecule has 0 aliphatic carbocycles. The average molecular weight is 414 g/mol. The molecule has 0 aliphatic rings. The minimum atomic E-state index is -4.55. The largest absolute Gasteiger partial charge is 0.418 e. The predicted molar refractivity (Wildman–Crippen MR) is 103 cm³/mol. The minimum Gasteiger partial charge on any atom is -0.369 e. The zero-order valence-corrected chi connectivity index (χ0v) is 16.2. The summed E-state index contributed by atoms with van der Waals surface area (Å²) in [5.74, 6) is -0.254. The Morgan fingerprint density at radius 3 is 2.18 bits per heavy atom. The van der Waals surface area contributed by atoms with Gasteiger partial charge in [0.1, 0.15) is 0 Å². The molecule has 0 bridgehead atoms. The van der Waals surface area contributed by atoms with E-state index in [2.05, 4.69) is 10.3 Å². The number of benzene rings is 2. The molecule has 0 amide bonds. The normalized spacial score (nSPS) is 13.0. The molecular formula is C18H21F3N4O2S. The van der Waals surface area contributed by atoms with Gasteiger partial charge in [0.25, 0.3) is 0 Å². The molecule has 0 unspecified atom stereocenters. The predicted octanol–water partition coefficient (Wildman–Crippen LogP) is 3.79. The molecule has 0 radical (unpaired) electrons. The highest BCUT2D eigenvalue weighted by Gasteiger charge is 2.33. The van der Waals surface area contributed by atoms with Crippen LogP contribution in [0, 0.1) is 0 Å². The van der Waals surface area contributed by atoms with Crippen molar-refractivity contribution in [2.45, 2.75) is 24.9 Å². The molecule has 10 heteroatoms. The molecule has 0 heterocycles. The van der Waals surface area contributed by atoms with E-state index >= 15 is 0 Å². The molecule has 2 aromatic rings. The highest BCUT2D eigenvalue weighted by molar-refractivity contribution is 7.89. The van der Waals surface area contributed by atoms with Crippen LogP contribution >= 0.6 is 0 Å². The molecule has 0 atom stereocenters. The van der Waals surface area contributed by atoms with Crippen molar-refractivity contribution in [2.24, 2.45) is 10.7 Å². The summed E-state index contributed by atoms with van der Waals surface area (Å²) < 4.78 is 65.3. The number of nitrogens with one attached hydrogen (secondary N) is 1. The van der Waals surface area contributed by atoms with Crippen molar-refractivity contribution in [1.82, 2.24) is 4.31 Å². The van der Waals surface area contributed by atoms with Gasteiger partial charge in [-0.25, -0.2) is 13.4 Å². The van der Waals surface area contributed by atoms with Crippen LogP contribution in [0.1, 0.15) is 19.4 Å². The molecule has 0 aliphatic heterocycles.